The van der Waals surface area contributed by atoms with E-state index in [4.69, 9.17) is 9.47 Å². The van der Waals surface area contributed by atoms with Gasteiger partial charge in [-0.2, -0.15) is 0 Å². The lowest BCUT2D eigenvalue weighted by Crippen LogP contribution is -2.14. The van der Waals surface area contributed by atoms with Crippen molar-refractivity contribution in [2.75, 3.05) is 24.3 Å². The van der Waals surface area contributed by atoms with Crippen molar-refractivity contribution >= 4 is 44.2 Å². The second-order valence-electron chi connectivity index (χ2n) is 5.91. The van der Waals surface area contributed by atoms with Crippen LogP contribution < -0.4 is 19.5 Å². The van der Waals surface area contributed by atoms with Gasteiger partial charge in [-0.15, -0.1) is 11.3 Å². The Hall–Kier alpha value is -3.37. The lowest BCUT2D eigenvalue weighted by atomic mass is 10.2. The number of carbonyl (C=O) groups is 1. The Morgan fingerprint density at radius 2 is 1.90 bits per heavy atom. The molecule has 0 atom stereocenters. The van der Waals surface area contributed by atoms with Crippen LogP contribution in [0.15, 0.2) is 65.0 Å². The van der Waals surface area contributed by atoms with Gasteiger partial charge in [0.2, 0.25) is 5.91 Å². The molecule has 1 aromatic heterocycles. The Balaban J connectivity index is 1.70. The number of rotatable bonds is 8. The first kappa shape index (κ1) is 21.3. The molecule has 3 rings (SSSR count). The van der Waals surface area contributed by atoms with Gasteiger partial charge in [-0.1, -0.05) is 12.1 Å². The molecule has 2 N–H and O–H groups in total. The van der Waals surface area contributed by atoms with Crippen LogP contribution in [0.4, 0.5) is 10.8 Å². The third-order valence-corrected chi connectivity index (χ3v) is 6.05. The van der Waals surface area contributed by atoms with Crippen LogP contribution in [0.1, 0.15) is 5.56 Å². The summed E-state index contributed by atoms with van der Waals surface area (Å²) in [5.74, 6) is 0.724. The Morgan fingerprint density at radius 3 is 2.60 bits per heavy atom. The van der Waals surface area contributed by atoms with E-state index >= 15 is 0 Å². The number of nitrogens with zero attached hydrogens (tertiary/aromatic N) is 1. The number of anilines is 2. The van der Waals surface area contributed by atoms with E-state index in [9.17, 15) is 13.2 Å². The van der Waals surface area contributed by atoms with Crippen LogP contribution in [0.3, 0.4) is 0 Å². The van der Waals surface area contributed by atoms with Crippen LogP contribution in [-0.4, -0.2) is 33.5 Å². The highest BCUT2D eigenvalue weighted by Crippen LogP contribution is 2.28. The highest BCUT2D eigenvalue weighted by molar-refractivity contribution is 7.93. The molecule has 156 valence electrons. The van der Waals surface area contributed by atoms with Crippen LogP contribution in [-0.2, 0) is 14.8 Å². The zero-order valence-electron chi connectivity index (χ0n) is 16.2. The van der Waals surface area contributed by atoms with Crippen molar-refractivity contribution in [1.29, 1.82) is 0 Å². The molecule has 8 nitrogen and oxygen atoms in total. The molecule has 0 aliphatic rings. The molecule has 30 heavy (non-hydrogen) atoms. The average Bonchev–Trinajstić information content (AvgIpc) is 3.24. The maximum atomic E-state index is 12.5. The van der Waals surface area contributed by atoms with Gasteiger partial charge in [0.1, 0.15) is 0 Å². The third-order valence-electron chi connectivity index (χ3n) is 3.90. The molecule has 0 saturated heterocycles. The van der Waals surface area contributed by atoms with Crippen LogP contribution in [0.2, 0.25) is 0 Å². The van der Waals surface area contributed by atoms with E-state index in [0.717, 1.165) is 5.56 Å². The van der Waals surface area contributed by atoms with Crippen LogP contribution in [0, 0.1) is 0 Å². The number of hydrogen-bond donors (Lipinski definition) is 2. The van der Waals surface area contributed by atoms with Gasteiger partial charge in [-0.25, -0.2) is 13.4 Å². The predicted molar refractivity (Wildman–Crippen MR) is 117 cm³/mol. The number of sulfonamides is 1. The summed E-state index contributed by atoms with van der Waals surface area (Å²) in [4.78, 5) is 16.2. The molecule has 0 unspecified atom stereocenters. The van der Waals surface area contributed by atoms with Crippen molar-refractivity contribution in [2.45, 2.75) is 4.90 Å². The molecule has 0 radical (unpaired) electrons. The number of thiazole rings is 1. The smallest absolute Gasteiger partial charge is 0.263 e. The number of aromatic nitrogens is 1. The first-order valence-electron chi connectivity index (χ1n) is 8.65. The Kier molecular flexibility index (Phi) is 6.70. The highest BCUT2D eigenvalue weighted by atomic mass is 32.2. The average molecular weight is 446 g/mol. The summed E-state index contributed by atoms with van der Waals surface area (Å²) in [6.45, 7) is 0. The zero-order valence-corrected chi connectivity index (χ0v) is 17.8. The fourth-order valence-corrected chi connectivity index (χ4v) is 4.34. The predicted octanol–water partition coefficient (Wildman–Crippen LogP) is 3.61. The monoisotopic (exact) mass is 445 g/mol. The maximum absolute atomic E-state index is 12.5. The number of amides is 1. The molecule has 1 amide bonds. The topological polar surface area (TPSA) is 107 Å². The summed E-state index contributed by atoms with van der Waals surface area (Å²) < 4.78 is 37.7. The number of carbonyl (C=O) groups excluding carboxylic acids is 1. The molecule has 3 aromatic rings. The number of methoxy groups -OCH3 is 2. The first-order chi connectivity index (χ1) is 14.4. The molecule has 0 spiro atoms. The van der Waals surface area contributed by atoms with Crippen LogP contribution >= 0.6 is 11.3 Å². The standard InChI is InChI=1S/C20H19N3O5S2/c1-27-17-8-6-14(12-18(17)28-2)7-9-19(24)22-15-4-3-5-16(13-15)30(25,26)23-20-21-10-11-29-20/h3-13H,1-2H3,(H,21,23)(H,22,24)/b9-7+. The number of benzene rings is 2. The summed E-state index contributed by atoms with van der Waals surface area (Å²) in [6.07, 6.45) is 4.46. The Labute approximate surface area is 178 Å². The largest absolute Gasteiger partial charge is 0.493 e. The SMILES string of the molecule is COc1ccc(/C=C/C(=O)Nc2cccc(S(=O)(=O)Nc3nccs3)c2)cc1OC. The molecule has 0 saturated carbocycles. The van der Waals surface area contributed by atoms with Crippen molar-refractivity contribution in [3.05, 3.63) is 65.7 Å². The van der Waals surface area contributed by atoms with E-state index in [0.29, 0.717) is 17.2 Å². The quantitative estimate of drug-likeness (QED) is 0.513. The van der Waals surface area contributed by atoms with Crippen LogP contribution in [0.5, 0.6) is 11.5 Å². The lowest BCUT2D eigenvalue weighted by molar-refractivity contribution is -0.111. The number of hydrogen-bond acceptors (Lipinski definition) is 7. The minimum Gasteiger partial charge on any atom is -0.493 e. The summed E-state index contributed by atoms with van der Waals surface area (Å²) >= 11 is 1.17. The van der Waals surface area contributed by atoms with Crippen molar-refractivity contribution in [2.24, 2.45) is 0 Å². The Morgan fingerprint density at radius 1 is 1.10 bits per heavy atom. The number of ether oxygens (including phenoxy) is 2. The van der Waals surface area contributed by atoms with Gasteiger partial charge < -0.3 is 14.8 Å². The van der Waals surface area contributed by atoms with Crippen molar-refractivity contribution < 1.29 is 22.7 Å². The van der Waals surface area contributed by atoms with Gasteiger partial charge in [0.15, 0.2) is 16.6 Å². The fourth-order valence-electron chi connectivity index (χ4n) is 2.50. The molecule has 0 aliphatic heterocycles. The second kappa shape index (κ2) is 9.42. The van der Waals surface area contributed by atoms with Gasteiger partial charge in [-0.3, -0.25) is 9.52 Å². The summed E-state index contributed by atoms with van der Waals surface area (Å²) in [5.41, 5.74) is 1.09. The van der Waals surface area contributed by atoms with Gasteiger partial charge in [0, 0.05) is 23.3 Å². The van der Waals surface area contributed by atoms with Crippen molar-refractivity contribution in [1.82, 2.24) is 4.98 Å². The van der Waals surface area contributed by atoms with E-state index in [2.05, 4.69) is 15.0 Å². The Bertz CT molecular complexity index is 1160. The van der Waals surface area contributed by atoms with Crippen molar-refractivity contribution in [3.63, 3.8) is 0 Å². The molecule has 0 aliphatic carbocycles. The molecule has 2 aromatic carbocycles. The van der Waals surface area contributed by atoms with E-state index in [1.54, 1.807) is 48.9 Å². The van der Waals surface area contributed by atoms with Crippen LogP contribution in [0.25, 0.3) is 6.08 Å². The van der Waals surface area contributed by atoms with E-state index in [-0.39, 0.29) is 10.0 Å². The molecule has 0 fully saturated rings. The van der Waals surface area contributed by atoms with Gasteiger partial charge in [0.25, 0.3) is 10.0 Å². The normalized spacial score (nSPS) is 11.3. The molecular formula is C20H19N3O5S2. The molecule has 1 heterocycles. The summed E-state index contributed by atoms with van der Waals surface area (Å²) in [5, 5.41) is 4.58. The summed E-state index contributed by atoms with van der Waals surface area (Å²) in [6, 6.07) is 11.2. The van der Waals surface area contributed by atoms with Crippen molar-refractivity contribution in [3.8, 4) is 11.5 Å². The molecule has 0 bridgehead atoms. The van der Waals surface area contributed by atoms with Gasteiger partial charge >= 0.3 is 0 Å². The van der Waals surface area contributed by atoms with E-state index in [1.807, 2.05) is 0 Å². The first-order valence-corrected chi connectivity index (χ1v) is 11.0. The maximum Gasteiger partial charge on any atom is 0.263 e. The van der Waals surface area contributed by atoms with E-state index in [1.165, 1.54) is 42.9 Å². The number of nitrogens with one attached hydrogen (secondary N) is 2. The summed E-state index contributed by atoms with van der Waals surface area (Å²) in [7, 11) is -0.735. The van der Waals surface area contributed by atoms with Gasteiger partial charge in [-0.05, 0) is 42.0 Å². The molecule has 10 heteroatoms. The lowest BCUT2D eigenvalue weighted by Gasteiger charge is -2.08. The fraction of sp³-hybridized carbons (Fsp3) is 0.100. The minimum atomic E-state index is -3.81. The third kappa shape index (κ3) is 5.37. The highest BCUT2D eigenvalue weighted by Gasteiger charge is 2.16. The van der Waals surface area contributed by atoms with Gasteiger partial charge in [0.05, 0.1) is 19.1 Å². The molecular weight excluding hydrogens is 426 g/mol. The second-order valence-corrected chi connectivity index (χ2v) is 8.48. The van der Waals surface area contributed by atoms with E-state index < -0.39 is 15.9 Å². The zero-order chi connectivity index (χ0) is 21.6. The minimum absolute atomic E-state index is 0.0133.